The molecule has 33 heavy (non-hydrogen) atoms. The first-order valence-corrected chi connectivity index (χ1v) is 11.9. The molecule has 3 N–H and O–H groups in total. The summed E-state index contributed by atoms with van der Waals surface area (Å²) in [5, 5.41) is 20.7. The van der Waals surface area contributed by atoms with E-state index >= 15 is 0 Å². The molecule has 5 rings (SSSR count). The van der Waals surface area contributed by atoms with Gasteiger partial charge in [0.05, 0.1) is 23.2 Å². The molecule has 0 atom stereocenters. The molecule has 0 bridgehead atoms. The predicted molar refractivity (Wildman–Crippen MR) is 127 cm³/mol. The molecule has 1 aliphatic carbocycles. The molecular formula is C23H25N7O2S. The molecule has 4 aromatic heterocycles. The minimum absolute atomic E-state index is 0.214. The second-order valence-electron chi connectivity index (χ2n) is 8.48. The van der Waals surface area contributed by atoms with Crippen LogP contribution in [0.3, 0.4) is 0 Å². The highest BCUT2D eigenvalue weighted by Crippen LogP contribution is 2.24. The van der Waals surface area contributed by atoms with Crippen molar-refractivity contribution in [3.63, 3.8) is 0 Å². The monoisotopic (exact) mass is 463 g/mol. The van der Waals surface area contributed by atoms with Gasteiger partial charge in [0, 0.05) is 30.6 Å². The van der Waals surface area contributed by atoms with Crippen molar-refractivity contribution >= 4 is 27.6 Å². The topological polar surface area (TPSA) is 130 Å². The number of rotatable bonds is 6. The van der Waals surface area contributed by atoms with Gasteiger partial charge in [-0.15, -0.1) is 0 Å². The first kappa shape index (κ1) is 21.6. The number of aliphatic hydroxyl groups is 1. The second kappa shape index (κ2) is 9.32. The molecular weight excluding hydrogens is 438 g/mol. The van der Waals surface area contributed by atoms with E-state index < -0.39 is 0 Å². The third kappa shape index (κ3) is 5.23. The van der Waals surface area contributed by atoms with E-state index in [-0.39, 0.29) is 17.7 Å². The number of anilines is 1. The number of nitrogens with zero attached hydrogens (tertiary/aromatic N) is 5. The summed E-state index contributed by atoms with van der Waals surface area (Å²) in [7, 11) is 0. The Labute approximate surface area is 194 Å². The standard InChI is InChI=1S/C23H25N7O2S/c1-13-9-14(21(32)30-29-13)10-16-11-17(12-20-28-19-3-2-8-24-22(19)33-20)27-23(26-16)25-15-4-6-18(31)7-5-15/h2-3,8-9,11,15,18,31H,4-7,10,12H2,1H3,(H,30,32)(H,25,26,27). The zero-order valence-corrected chi connectivity index (χ0v) is 19.1. The van der Waals surface area contributed by atoms with Gasteiger partial charge in [-0.25, -0.2) is 25.0 Å². The quantitative estimate of drug-likeness (QED) is 0.398. The normalized spacial score (nSPS) is 18.5. The van der Waals surface area contributed by atoms with Crippen LogP contribution in [0.4, 0.5) is 5.95 Å². The SMILES string of the molecule is Cc1cc(Cc2cc(Cc3nc4cccnc4s3)nc(NC3CCC(O)CC3)n2)c(=O)[nH]n1. The molecule has 0 aliphatic heterocycles. The molecule has 170 valence electrons. The molecule has 0 aromatic carbocycles. The first-order valence-electron chi connectivity index (χ1n) is 11.1. The lowest BCUT2D eigenvalue weighted by molar-refractivity contribution is 0.126. The predicted octanol–water partition coefficient (Wildman–Crippen LogP) is 2.77. The Morgan fingerprint density at radius 1 is 1.12 bits per heavy atom. The molecule has 4 heterocycles. The lowest BCUT2D eigenvalue weighted by atomic mass is 9.93. The van der Waals surface area contributed by atoms with Gasteiger partial charge < -0.3 is 10.4 Å². The Kier molecular flexibility index (Phi) is 6.10. The zero-order chi connectivity index (χ0) is 22.8. The van der Waals surface area contributed by atoms with E-state index in [1.807, 2.05) is 25.1 Å². The van der Waals surface area contributed by atoms with Crippen LogP contribution >= 0.6 is 11.3 Å². The Morgan fingerprint density at radius 3 is 2.70 bits per heavy atom. The fourth-order valence-corrected chi connectivity index (χ4v) is 5.05. The fraction of sp³-hybridized carbons (Fsp3) is 0.391. The van der Waals surface area contributed by atoms with Gasteiger partial charge in [-0.05, 0) is 56.9 Å². The van der Waals surface area contributed by atoms with Crippen molar-refractivity contribution in [3.8, 4) is 0 Å². The van der Waals surface area contributed by atoms with E-state index in [4.69, 9.17) is 9.97 Å². The third-order valence-electron chi connectivity index (χ3n) is 5.79. The summed E-state index contributed by atoms with van der Waals surface area (Å²) in [5.41, 5.74) is 3.62. The van der Waals surface area contributed by atoms with Gasteiger partial charge in [-0.1, -0.05) is 11.3 Å². The van der Waals surface area contributed by atoms with Crippen LogP contribution in [0, 0.1) is 6.92 Å². The van der Waals surface area contributed by atoms with Crippen molar-refractivity contribution in [1.82, 2.24) is 30.1 Å². The number of aliphatic hydroxyl groups excluding tert-OH is 1. The first-order chi connectivity index (χ1) is 16.0. The largest absolute Gasteiger partial charge is 0.393 e. The van der Waals surface area contributed by atoms with Crippen LogP contribution in [0.5, 0.6) is 0 Å². The summed E-state index contributed by atoms with van der Waals surface area (Å²) in [4.78, 5) is 31.7. The molecule has 1 fully saturated rings. The number of thiazole rings is 1. The summed E-state index contributed by atoms with van der Waals surface area (Å²) in [6.07, 6.45) is 5.77. The van der Waals surface area contributed by atoms with Crippen molar-refractivity contribution in [1.29, 1.82) is 0 Å². The van der Waals surface area contributed by atoms with Gasteiger partial charge in [0.1, 0.15) is 15.4 Å². The highest BCUT2D eigenvalue weighted by molar-refractivity contribution is 7.18. The van der Waals surface area contributed by atoms with Gasteiger partial charge in [0.15, 0.2) is 0 Å². The molecule has 9 nitrogen and oxygen atoms in total. The lowest BCUT2D eigenvalue weighted by Crippen LogP contribution is -2.29. The highest BCUT2D eigenvalue weighted by Gasteiger charge is 2.20. The number of aryl methyl sites for hydroxylation is 1. The Morgan fingerprint density at radius 2 is 1.91 bits per heavy atom. The summed E-state index contributed by atoms with van der Waals surface area (Å²) in [6, 6.07) is 7.78. The van der Waals surface area contributed by atoms with Crippen LogP contribution < -0.4 is 10.9 Å². The summed E-state index contributed by atoms with van der Waals surface area (Å²) < 4.78 is 0. The Hall–Kier alpha value is -3.24. The van der Waals surface area contributed by atoms with Crippen LogP contribution in [0.2, 0.25) is 0 Å². The van der Waals surface area contributed by atoms with Gasteiger partial charge in [0.25, 0.3) is 5.56 Å². The Balaban J connectivity index is 1.45. The summed E-state index contributed by atoms with van der Waals surface area (Å²) >= 11 is 1.55. The van der Waals surface area contributed by atoms with Crippen molar-refractivity contribution in [2.24, 2.45) is 0 Å². The maximum Gasteiger partial charge on any atom is 0.267 e. The molecule has 4 aromatic rings. The number of H-pyrrole nitrogens is 1. The smallest absolute Gasteiger partial charge is 0.267 e. The minimum Gasteiger partial charge on any atom is -0.393 e. The number of nitrogens with one attached hydrogen (secondary N) is 2. The van der Waals surface area contributed by atoms with Crippen molar-refractivity contribution in [3.05, 3.63) is 68.5 Å². The van der Waals surface area contributed by atoms with Crippen LogP contribution in [-0.2, 0) is 12.8 Å². The minimum atomic E-state index is -0.222. The lowest BCUT2D eigenvalue weighted by Gasteiger charge is -2.26. The number of pyridine rings is 1. The number of hydrogen-bond acceptors (Lipinski definition) is 9. The van der Waals surface area contributed by atoms with Gasteiger partial charge in [-0.3, -0.25) is 4.79 Å². The van der Waals surface area contributed by atoms with E-state index in [1.54, 1.807) is 23.6 Å². The molecule has 10 heteroatoms. The average Bonchev–Trinajstić information content (AvgIpc) is 3.20. The zero-order valence-electron chi connectivity index (χ0n) is 18.3. The molecule has 0 spiro atoms. The fourth-order valence-electron chi connectivity index (χ4n) is 4.13. The van der Waals surface area contributed by atoms with Crippen LogP contribution in [0.25, 0.3) is 10.3 Å². The highest BCUT2D eigenvalue weighted by atomic mass is 32.1. The molecule has 0 unspecified atom stereocenters. The van der Waals surface area contributed by atoms with Crippen LogP contribution in [-0.4, -0.2) is 47.4 Å². The summed E-state index contributed by atoms with van der Waals surface area (Å²) in [6.45, 7) is 1.84. The van der Waals surface area contributed by atoms with Crippen LogP contribution in [0.1, 0.15) is 53.3 Å². The molecule has 0 saturated heterocycles. The van der Waals surface area contributed by atoms with Crippen molar-refractivity contribution in [2.75, 3.05) is 5.32 Å². The van der Waals surface area contributed by atoms with Gasteiger partial charge >= 0.3 is 0 Å². The van der Waals surface area contributed by atoms with E-state index in [9.17, 15) is 9.90 Å². The number of aromatic nitrogens is 6. The number of aromatic amines is 1. The number of hydrogen-bond donors (Lipinski definition) is 3. The maximum atomic E-state index is 12.3. The van der Waals surface area contributed by atoms with E-state index in [2.05, 4.69) is 25.5 Å². The third-order valence-corrected chi connectivity index (χ3v) is 6.76. The summed E-state index contributed by atoms with van der Waals surface area (Å²) in [5.74, 6) is 0.547. The number of fused-ring (bicyclic) bond motifs is 1. The van der Waals surface area contributed by atoms with Crippen LogP contribution in [0.15, 0.2) is 35.3 Å². The van der Waals surface area contributed by atoms with E-state index in [0.29, 0.717) is 24.4 Å². The molecule has 1 aliphatic rings. The van der Waals surface area contributed by atoms with Gasteiger partial charge in [-0.2, -0.15) is 5.10 Å². The van der Waals surface area contributed by atoms with Crippen molar-refractivity contribution < 1.29 is 5.11 Å². The second-order valence-corrected chi connectivity index (χ2v) is 9.54. The van der Waals surface area contributed by atoms with Gasteiger partial charge in [0.2, 0.25) is 5.95 Å². The molecule has 1 saturated carbocycles. The Bertz CT molecular complexity index is 1290. The maximum absolute atomic E-state index is 12.3. The molecule has 0 amide bonds. The van der Waals surface area contributed by atoms with Crippen molar-refractivity contribution in [2.45, 2.75) is 57.6 Å². The van der Waals surface area contributed by atoms with E-state index in [0.717, 1.165) is 58.1 Å². The average molecular weight is 464 g/mol. The molecule has 0 radical (unpaired) electrons. The van der Waals surface area contributed by atoms with E-state index in [1.165, 1.54) is 0 Å².